The van der Waals surface area contributed by atoms with Gasteiger partial charge in [0, 0.05) is 22.7 Å². The van der Waals surface area contributed by atoms with Crippen LogP contribution in [-0.2, 0) is 19.1 Å². The number of benzene rings is 3. The summed E-state index contributed by atoms with van der Waals surface area (Å²) in [5.41, 5.74) is 5.15. The number of carbonyl (C=O) groups excluding carboxylic acids is 4. The number of amides is 3. The van der Waals surface area contributed by atoms with Crippen LogP contribution in [0.4, 0.5) is 5.69 Å². The Morgan fingerprint density at radius 2 is 1.37 bits per heavy atom. The molecule has 0 bridgehead atoms. The molecule has 180 valence electrons. The molecule has 0 radical (unpaired) electrons. The van der Waals surface area contributed by atoms with Crippen molar-refractivity contribution in [2.24, 2.45) is 0 Å². The molecule has 0 aliphatic rings. The van der Waals surface area contributed by atoms with Gasteiger partial charge in [-0.25, -0.2) is 0 Å². The van der Waals surface area contributed by atoms with Crippen LogP contribution in [0.3, 0.4) is 0 Å². The van der Waals surface area contributed by atoms with E-state index in [2.05, 4.69) is 16.2 Å². The summed E-state index contributed by atoms with van der Waals surface area (Å²) < 4.78 is 10.5. The van der Waals surface area contributed by atoms with Crippen molar-refractivity contribution in [2.45, 2.75) is 12.8 Å². The Morgan fingerprint density at radius 3 is 2.06 bits per heavy atom. The minimum Gasteiger partial charge on any atom is -0.457 e. The summed E-state index contributed by atoms with van der Waals surface area (Å²) in [5.74, 6) is -1.11. The first-order chi connectivity index (χ1) is 16.9. The van der Waals surface area contributed by atoms with Crippen LogP contribution in [0, 0.1) is 0 Å². The smallest absolute Gasteiger partial charge is 0.306 e. The van der Waals surface area contributed by atoms with Gasteiger partial charge < -0.3 is 14.8 Å². The molecule has 0 aromatic heterocycles. The first-order valence-electron chi connectivity index (χ1n) is 10.5. The zero-order valence-corrected chi connectivity index (χ0v) is 19.2. The molecule has 0 saturated heterocycles. The van der Waals surface area contributed by atoms with Crippen molar-refractivity contribution in [1.29, 1.82) is 0 Å². The SMILES string of the molecule is O=C(COC(=O)CCC(=O)Nc1ccc(Oc2ccccc2)cc1)NNC(=O)c1ccc(Cl)cc1. The number of esters is 1. The summed E-state index contributed by atoms with van der Waals surface area (Å²) in [4.78, 5) is 47.5. The number of para-hydroxylation sites is 1. The summed E-state index contributed by atoms with van der Waals surface area (Å²) in [6.07, 6.45) is -0.346. The lowest BCUT2D eigenvalue weighted by Gasteiger charge is -2.09. The molecule has 3 aromatic rings. The van der Waals surface area contributed by atoms with Gasteiger partial charge >= 0.3 is 5.97 Å². The van der Waals surface area contributed by atoms with Gasteiger partial charge in [-0.05, 0) is 60.7 Å². The monoisotopic (exact) mass is 495 g/mol. The predicted octanol–water partition coefficient (Wildman–Crippen LogP) is 3.86. The van der Waals surface area contributed by atoms with Crippen molar-refractivity contribution in [3.8, 4) is 11.5 Å². The number of ether oxygens (including phenoxy) is 2. The number of halogens is 1. The third kappa shape index (κ3) is 8.82. The quantitative estimate of drug-likeness (QED) is 0.306. The number of hydrazine groups is 1. The minimum absolute atomic E-state index is 0.129. The van der Waals surface area contributed by atoms with Gasteiger partial charge in [0.25, 0.3) is 11.8 Å². The van der Waals surface area contributed by atoms with Crippen LogP contribution in [0.1, 0.15) is 23.2 Å². The van der Waals surface area contributed by atoms with Gasteiger partial charge in [-0.1, -0.05) is 29.8 Å². The normalized spacial score (nSPS) is 10.1. The molecule has 3 amide bonds. The second-order valence-corrected chi connectivity index (χ2v) is 7.59. The molecule has 0 aliphatic carbocycles. The Balaban J connectivity index is 1.31. The highest BCUT2D eigenvalue weighted by Crippen LogP contribution is 2.22. The van der Waals surface area contributed by atoms with Gasteiger partial charge in [0.1, 0.15) is 11.5 Å². The van der Waals surface area contributed by atoms with E-state index in [1.54, 1.807) is 24.3 Å². The lowest BCUT2D eigenvalue weighted by atomic mass is 10.2. The molecular weight excluding hydrogens is 474 g/mol. The van der Waals surface area contributed by atoms with Crippen molar-refractivity contribution in [3.05, 3.63) is 89.4 Å². The van der Waals surface area contributed by atoms with E-state index in [0.717, 1.165) is 0 Å². The molecule has 0 heterocycles. The molecule has 0 fully saturated rings. The summed E-state index contributed by atoms with van der Waals surface area (Å²) >= 11 is 5.75. The second-order valence-electron chi connectivity index (χ2n) is 7.16. The second kappa shape index (κ2) is 12.8. The lowest BCUT2D eigenvalue weighted by molar-refractivity contribution is -0.149. The Labute approximate surface area is 206 Å². The van der Waals surface area contributed by atoms with E-state index in [1.165, 1.54) is 24.3 Å². The molecule has 0 aliphatic heterocycles. The van der Waals surface area contributed by atoms with Gasteiger partial charge in [0.2, 0.25) is 5.91 Å². The Kier molecular flexibility index (Phi) is 9.21. The van der Waals surface area contributed by atoms with Crippen LogP contribution in [0.5, 0.6) is 11.5 Å². The van der Waals surface area contributed by atoms with Crippen LogP contribution in [-0.4, -0.2) is 30.3 Å². The maximum absolute atomic E-state index is 12.1. The van der Waals surface area contributed by atoms with Crippen LogP contribution < -0.4 is 20.9 Å². The minimum atomic E-state index is -0.733. The third-order valence-corrected chi connectivity index (χ3v) is 4.71. The molecule has 0 spiro atoms. The number of nitrogens with one attached hydrogen (secondary N) is 3. The van der Waals surface area contributed by atoms with Gasteiger partial charge in [0.05, 0.1) is 6.42 Å². The third-order valence-electron chi connectivity index (χ3n) is 4.46. The van der Waals surface area contributed by atoms with Gasteiger partial charge in [-0.3, -0.25) is 30.0 Å². The van der Waals surface area contributed by atoms with E-state index in [1.807, 2.05) is 30.3 Å². The van der Waals surface area contributed by atoms with Gasteiger partial charge in [-0.2, -0.15) is 0 Å². The fourth-order valence-corrected chi connectivity index (χ4v) is 2.85. The summed E-state index contributed by atoms with van der Waals surface area (Å²) in [5, 5.41) is 3.14. The standard InChI is InChI=1S/C25H22ClN3O6/c26-18-8-6-17(7-9-18)25(33)29-28-23(31)16-34-24(32)15-14-22(30)27-19-10-12-21(13-11-19)35-20-4-2-1-3-5-20/h1-13H,14-16H2,(H,27,30)(H,28,31)(H,29,33). The first kappa shape index (κ1) is 25.3. The van der Waals surface area contributed by atoms with E-state index in [4.69, 9.17) is 21.1 Å². The molecular formula is C25H22ClN3O6. The number of hydrogen-bond acceptors (Lipinski definition) is 6. The Morgan fingerprint density at radius 1 is 0.714 bits per heavy atom. The van der Waals surface area contributed by atoms with Crippen LogP contribution in [0.25, 0.3) is 0 Å². The highest BCUT2D eigenvalue weighted by molar-refractivity contribution is 6.30. The van der Waals surface area contributed by atoms with Crippen LogP contribution >= 0.6 is 11.6 Å². The molecule has 3 rings (SSSR count). The maximum atomic E-state index is 12.1. The average molecular weight is 496 g/mol. The van der Waals surface area contributed by atoms with Crippen molar-refractivity contribution >= 4 is 41.0 Å². The number of rotatable bonds is 9. The predicted molar refractivity (Wildman–Crippen MR) is 129 cm³/mol. The van der Waals surface area contributed by atoms with Crippen molar-refractivity contribution in [3.63, 3.8) is 0 Å². The number of carbonyl (C=O) groups is 4. The van der Waals surface area contributed by atoms with Crippen molar-refractivity contribution in [2.75, 3.05) is 11.9 Å². The lowest BCUT2D eigenvalue weighted by Crippen LogP contribution is -2.43. The number of anilines is 1. The Bertz CT molecular complexity index is 1170. The summed E-state index contributed by atoms with van der Waals surface area (Å²) in [6.45, 7) is -0.607. The van der Waals surface area contributed by atoms with Gasteiger partial charge in [-0.15, -0.1) is 0 Å². The molecule has 0 unspecified atom stereocenters. The summed E-state index contributed by atoms with van der Waals surface area (Å²) in [7, 11) is 0. The fourth-order valence-electron chi connectivity index (χ4n) is 2.72. The number of hydrogen-bond donors (Lipinski definition) is 3. The molecule has 0 saturated carbocycles. The van der Waals surface area contributed by atoms with E-state index in [0.29, 0.717) is 22.2 Å². The highest BCUT2D eigenvalue weighted by Gasteiger charge is 2.12. The van der Waals surface area contributed by atoms with Crippen molar-refractivity contribution < 1.29 is 28.7 Å². The topological polar surface area (TPSA) is 123 Å². The molecule has 3 aromatic carbocycles. The van der Waals surface area contributed by atoms with E-state index >= 15 is 0 Å². The van der Waals surface area contributed by atoms with E-state index < -0.39 is 30.3 Å². The van der Waals surface area contributed by atoms with Crippen LogP contribution in [0.2, 0.25) is 5.02 Å². The summed E-state index contributed by atoms with van der Waals surface area (Å²) in [6, 6.07) is 22.1. The average Bonchev–Trinajstić information content (AvgIpc) is 2.87. The zero-order valence-electron chi connectivity index (χ0n) is 18.5. The Hall–Kier alpha value is -4.37. The molecule has 35 heavy (non-hydrogen) atoms. The molecule has 0 atom stereocenters. The van der Waals surface area contributed by atoms with Crippen LogP contribution in [0.15, 0.2) is 78.9 Å². The molecule has 9 nitrogen and oxygen atoms in total. The van der Waals surface area contributed by atoms with E-state index in [-0.39, 0.29) is 18.4 Å². The fraction of sp³-hybridized carbons (Fsp3) is 0.120. The highest BCUT2D eigenvalue weighted by atomic mass is 35.5. The van der Waals surface area contributed by atoms with Gasteiger partial charge in [0.15, 0.2) is 6.61 Å². The maximum Gasteiger partial charge on any atom is 0.306 e. The molecule has 10 heteroatoms. The zero-order chi connectivity index (χ0) is 25.0. The van der Waals surface area contributed by atoms with Crippen molar-refractivity contribution in [1.82, 2.24) is 10.9 Å². The first-order valence-corrected chi connectivity index (χ1v) is 10.9. The molecule has 3 N–H and O–H groups in total. The van der Waals surface area contributed by atoms with E-state index in [9.17, 15) is 19.2 Å². The largest absolute Gasteiger partial charge is 0.457 e.